The highest BCUT2D eigenvalue weighted by Gasteiger charge is 2.38. The molecule has 5 rings (SSSR count). The number of carbonyl (C=O) groups excluding carboxylic acids is 1. The number of alkyl halides is 6. The summed E-state index contributed by atoms with van der Waals surface area (Å²) in [5, 5.41) is 0.614. The number of ether oxygens (including phenoxy) is 2. The summed E-state index contributed by atoms with van der Waals surface area (Å²) in [7, 11) is 1.34. The van der Waals surface area contributed by atoms with E-state index >= 15 is 0 Å². The third-order valence-electron chi connectivity index (χ3n) is 6.97. The molecule has 2 aliphatic rings. The van der Waals surface area contributed by atoms with Gasteiger partial charge < -0.3 is 14.4 Å². The van der Waals surface area contributed by atoms with Gasteiger partial charge in [0.15, 0.2) is 16.7 Å². The Morgan fingerprint density at radius 2 is 1.70 bits per heavy atom. The third-order valence-corrected chi connectivity index (χ3v) is 8.02. The molecule has 0 N–H and O–H groups in total. The first-order valence-corrected chi connectivity index (χ1v) is 14.2. The summed E-state index contributed by atoms with van der Waals surface area (Å²) in [5.41, 5.74) is -1.75. The molecule has 3 heterocycles. The Bertz CT molecular complexity index is 1570. The van der Waals surface area contributed by atoms with Crippen LogP contribution in [0, 0.1) is 0 Å². The lowest BCUT2D eigenvalue weighted by atomic mass is 10.0. The van der Waals surface area contributed by atoms with E-state index in [0.717, 1.165) is 31.4 Å². The summed E-state index contributed by atoms with van der Waals surface area (Å²) in [6, 6.07) is 11.8. The standard InChI is InChI=1S/C30H26F6N4O3S/c1-42-25-14-19(5-8-24(25)43-18-20-6-7-21(29(31,32)33)16-23(20)30(34,35)36)15-26-27(41)38-28(44-26)40-12-10-39(11-13-40)17-22-4-2-3-9-37-22/h2-9,14-16H,10-13,17-18H2,1H3. The van der Waals surface area contributed by atoms with Crippen LogP contribution < -0.4 is 9.47 Å². The Labute approximate surface area is 253 Å². The molecule has 0 radical (unpaired) electrons. The average molecular weight is 637 g/mol. The van der Waals surface area contributed by atoms with E-state index in [9.17, 15) is 31.1 Å². The first-order chi connectivity index (χ1) is 20.9. The molecule has 7 nitrogen and oxygen atoms in total. The van der Waals surface area contributed by atoms with E-state index in [1.165, 1.54) is 24.9 Å². The normalized spacial score (nSPS) is 17.2. The number of aliphatic imine (C=N–C) groups is 1. The van der Waals surface area contributed by atoms with Gasteiger partial charge in [0.25, 0.3) is 5.91 Å². The summed E-state index contributed by atoms with van der Waals surface area (Å²) in [4.78, 5) is 26.0. The van der Waals surface area contributed by atoms with Crippen LogP contribution in [-0.4, -0.2) is 59.1 Å². The molecule has 44 heavy (non-hydrogen) atoms. The van der Waals surface area contributed by atoms with Gasteiger partial charge in [0.1, 0.15) is 6.61 Å². The lowest BCUT2D eigenvalue weighted by Gasteiger charge is -2.35. The SMILES string of the molecule is COc1cc(C=C2SC(N3CCN(Cc4ccccn4)CC3)=NC2=O)ccc1OCc1ccc(C(F)(F)F)cc1C(F)(F)F. The van der Waals surface area contributed by atoms with Crippen LogP contribution in [0.5, 0.6) is 11.5 Å². The molecule has 14 heteroatoms. The zero-order valence-corrected chi connectivity index (χ0v) is 24.1. The van der Waals surface area contributed by atoms with Crippen molar-refractivity contribution in [2.75, 3.05) is 33.3 Å². The molecule has 0 unspecified atom stereocenters. The van der Waals surface area contributed by atoms with Gasteiger partial charge in [-0.25, -0.2) is 0 Å². The molecular formula is C30H26F6N4O3S. The van der Waals surface area contributed by atoms with Gasteiger partial charge >= 0.3 is 12.4 Å². The van der Waals surface area contributed by atoms with Crippen LogP contribution in [0.1, 0.15) is 27.9 Å². The van der Waals surface area contributed by atoms with Crippen LogP contribution in [0.4, 0.5) is 26.3 Å². The highest BCUT2D eigenvalue weighted by molar-refractivity contribution is 8.18. The first kappa shape index (κ1) is 31.4. The average Bonchev–Trinajstić information content (AvgIpc) is 3.35. The fourth-order valence-corrected chi connectivity index (χ4v) is 5.66. The van der Waals surface area contributed by atoms with Gasteiger partial charge in [0.05, 0.1) is 28.8 Å². The van der Waals surface area contributed by atoms with Crippen molar-refractivity contribution >= 4 is 28.9 Å². The van der Waals surface area contributed by atoms with E-state index in [1.807, 2.05) is 18.2 Å². The molecule has 1 saturated heterocycles. The minimum Gasteiger partial charge on any atom is -0.493 e. The number of hydrogen-bond acceptors (Lipinski definition) is 7. The van der Waals surface area contributed by atoms with E-state index in [1.54, 1.807) is 24.4 Å². The third kappa shape index (κ3) is 7.53. The van der Waals surface area contributed by atoms with Gasteiger partial charge in [-0.3, -0.25) is 14.7 Å². The number of halogens is 6. The fraction of sp³-hybridized carbons (Fsp3) is 0.300. The number of amides is 1. The van der Waals surface area contributed by atoms with Crippen LogP contribution in [0.15, 0.2) is 70.7 Å². The van der Waals surface area contributed by atoms with Gasteiger partial charge in [0.2, 0.25) is 0 Å². The number of piperazine rings is 1. The fourth-order valence-electron chi connectivity index (χ4n) is 4.69. The minimum absolute atomic E-state index is 0.0694. The van der Waals surface area contributed by atoms with Gasteiger partial charge in [-0.15, -0.1) is 0 Å². The van der Waals surface area contributed by atoms with E-state index in [4.69, 9.17) is 9.47 Å². The summed E-state index contributed by atoms with van der Waals surface area (Å²) in [6.45, 7) is 3.08. The number of methoxy groups -OCH3 is 1. The number of rotatable bonds is 7. The monoisotopic (exact) mass is 636 g/mol. The van der Waals surface area contributed by atoms with E-state index in [0.29, 0.717) is 34.8 Å². The smallest absolute Gasteiger partial charge is 0.416 e. The Morgan fingerprint density at radius 3 is 2.36 bits per heavy atom. The van der Waals surface area contributed by atoms with Crippen molar-refractivity contribution in [3.05, 3.63) is 93.6 Å². The molecule has 0 spiro atoms. The summed E-state index contributed by atoms with van der Waals surface area (Å²) in [5.74, 6) is -0.142. The molecule has 0 atom stereocenters. The Morgan fingerprint density at radius 1 is 0.932 bits per heavy atom. The Balaban J connectivity index is 1.22. The molecule has 2 aromatic carbocycles. The predicted molar refractivity (Wildman–Crippen MR) is 153 cm³/mol. The number of nitrogens with zero attached hydrogens (tertiary/aromatic N) is 4. The van der Waals surface area contributed by atoms with E-state index in [2.05, 4.69) is 19.8 Å². The molecule has 0 bridgehead atoms. The number of benzene rings is 2. The second-order valence-electron chi connectivity index (χ2n) is 9.96. The number of pyridine rings is 1. The van der Waals surface area contributed by atoms with Gasteiger partial charge in [-0.2, -0.15) is 31.3 Å². The van der Waals surface area contributed by atoms with Crippen molar-refractivity contribution in [2.45, 2.75) is 25.5 Å². The van der Waals surface area contributed by atoms with Crippen molar-refractivity contribution in [1.29, 1.82) is 0 Å². The minimum atomic E-state index is -5.01. The maximum atomic E-state index is 13.5. The molecule has 232 valence electrons. The van der Waals surface area contributed by atoms with E-state index < -0.39 is 35.6 Å². The van der Waals surface area contributed by atoms with Crippen LogP contribution in [0.2, 0.25) is 0 Å². The number of thioether (sulfide) groups is 1. The number of carbonyl (C=O) groups is 1. The zero-order valence-electron chi connectivity index (χ0n) is 23.3. The molecule has 0 saturated carbocycles. The van der Waals surface area contributed by atoms with Crippen molar-refractivity contribution < 1.29 is 40.6 Å². The predicted octanol–water partition coefficient (Wildman–Crippen LogP) is 6.49. The zero-order chi connectivity index (χ0) is 31.5. The van der Waals surface area contributed by atoms with E-state index in [-0.39, 0.29) is 23.5 Å². The van der Waals surface area contributed by atoms with Gasteiger partial charge in [-0.1, -0.05) is 18.2 Å². The number of hydrogen-bond donors (Lipinski definition) is 0. The largest absolute Gasteiger partial charge is 0.493 e. The first-order valence-electron chi connectivity index (χ1n) is 13.4. The molecule has 3 aromatic rings. The second-order valence-corrected chi connectivity index (χ2v) is 11.0. The summed E-state index contributed by atoms with van der Waals surface area (Å²) in [6.07, 6.45) is -6.54. The van der Waals surface area contributed by atoms with Crippen LogP contribution >= 0.6 is 11.8 Å². The lowest BCUT2D eigenvalue weighted by Crippen LogP contribution is -2.47. The lowest BCUT2D eigenvalue weighted by molar-refractivity contribution is -0.143. The van der Waals surface area contributed by atoms with Crippen molar-refractivity contribution in [1.82, 2.24) is 14.8 Å². The van der Waals surface area contributed by atoms with Gasteiger partial charge in [-0.05, 0) is 59.8 Å². The topological polar surface area (TPSA) is 67.3 Å². The molecule has 1 aromatic heterocycles. The van der Waals surface area contributed by atoms with Crippen molar-refractivity contribution in [3.8, 4) is 11.5 Å². The van der Waals surface area contributed by atoms with Crippen LogP contribution in [0.25, 0.3) is 6.08 Å². The summed E-state index contributed by atoms with van der Waals surface area (Å²) < 4.78 is 90.4. The molecule has 1 amide bonds. The van der Waals surface area contributed by atoms with Crippen LogP contribution in [0.3, 0.4) is 0 Å². The Kier molecular flexibility index (Phi) is 9.20. The molecule has 0 aliphatic carbocycles. The molecule has 2 aliphatic heterocycles. The highest BCUT2D eigenvalue weighted by Crippen LogP contribution is 2.39. The van der Waals surface area contributed by atoms with Crippen molar-refractivity contribution in [2.24, 2.45) is 4.99 Å². The molecular weight excluding hydrogens is 610 g/mol. The van der Waals surface area contributed by atoms with Crippen molar-refractivity contribution in [3.63, 3.8) is 0 Å². The maximum Gasteiger partial charge on any atom is 0.416 e. The number of amidine groups is 1. The Hall–Kier alpha value is -4.04. The second kappa shape index (κ2) is 12.9. The van der Waals surface area contributed by atoms with Gasteiger partial charge in [0, 0.05) is 44.5 Å². The highest BCUT2D eigenvalue weighted by atomic mass is 32.2. The number of aromatic nitrogens is 1. The quantitative estimate of drug-likeness (QED) is 0.217. The maximum absolute atomic E-state index is 13.5. The summed E-state index contributed by atoms with van der Waals surface area (Å²) >= 11 is 1.26. The molecule has 1 fully saturated rings. The van der Waals surface area contributed by atoms with Crippen LogP contribution in [-0.2, 0) is 30.3 Å².